The number of hydrogen-bond acceptors (Lipinski definition) is 2. The van der Waals surface area contributed by atoms with Gasteiger partial charge in [0.1, 0.15) is 0 Å². The molecule has 0 amide bonds. The molecule has 0 spiro atoms. The largest absolute Gasteiger partial charge is 0.344 e. The fourth-order valence-electron chi connectivity index (χ4n) is 0.667. The van der Waals surface area contributed by atoms with Crippen LogP contribution in [0.2, 0.25) is 0 Å². The van der Waals surface area contributed by atoms with Gasteiger partial charge < -0.3 is 11.5 Å². The molecule has 52 valence electrons. The molecule has 0 aliphatic carbocycles. The summed E-state index contributed by atoms with van der Waals surface area (Å²) >= 11 is 0. The van der Waals surface area contributed by atoms with Crippen molar-refractivity contribution in [2.45, 2.75) is 39.8 Å². The minimum Gasteiger partial charge on any atom is -0.344 e. The summed E-state index contributed by atoms with van der Waals surface area (Å²) in [6.07, 6.45) is 0. The highest BCUT2D eigenvalue weighted by atomic mass is 14.9. The second-order valence-electron chi connectivity index (χ2n) is 2.48. The van der Waals surface area contributed by atoms with Crippen molar-refractivity contribution in [3.05, 3.63) is 0 Å². The average molecular weight is 118 g/mol. The van der Waals surface area contributed by atoms with Gasteiger partial charge in [0.2, 0.25) is 0 Å². The van der Waals surface area contributed by atoms with E-state index in [1.54, 1.807) is 0 Å². The Bertz CT molecular complexity index is 35.8. The number of hydrogen-bond donors (Lipinski definition) is 2. The van der Waals surface area contributed by atoms with Crippen LogP contribution in [0, 0.1) is 0 Å². The van der Waals surface area contributed by atoms with Crippen molar-refractivity contribution in [3.63, 3.8) is 0 Å². The Labute approximate surface area is 52.2 Å². The van der Waals surface area contributed by atoms with E-state index in [4.69, 9.17) is 0 Å². The number of nitrogens with one attached hydrogen (secondary N) is 1. The first-order valence-electron chi connectivity index (χ1n) is 2.89. The molecule has 4 N–H and O–H groups in total. The standard InChI is InChI=1S/C6H15N.H3N/c1-5(2)7-6(3)4;/h5-7H,1-4H3;1H3. The van der Waals surface area contributed by atoms with Crippen LogP contribution in [-0.4, -0.2) is 12.1 Å². The summed E-state index contributed by atoms with van der Waals surface area (Å²) in [6.45, 7) is 8.61. The maximum absolute atomic E-state index is 3.31. The van der Waals surface area contributed by atoms with E-state index in [0.717, 1.165) is 0 Å². The Balaban J connectivity index is 0. The molecule has 0 heterocycles. The molecular weight excluding hydrogens is 100 g/mol. The lowest BCUT2D eigenvalue weighted by molar-refractivity contribution is 0.518. The zero-order valence-corrected chi connectivity index (χ0v) is 6.36. The van der Waals surface area contributed by atoms with Gasteiger partial charge >= 0.3 is 0 Å². The zero-order valence-electron chi connectivity index (χ0n) is 6.36. The van der Waals surface area contributed by atoms with Crippen molar-refractivity contribution < 1.29 is 0 Å². The zero-order chi connectivity index (χ0) is 5.86. The van der Waals surface area contributed by atoms with E-state index in [9.17, 15) is 0 Å². The SMILES string of the molecule is CC(C)NC(C)C.N. The van der Waals surface area contributed by atoms with Gasteiger partial charge in [-0.05, 0) is 0 Å². The predicted molar refractivity (Wildman–Crippen MR) is 38.4 cm³/mol. The minimum atomic E-state index is 0. The van der Waals surface area contributed by atoms with E-state index >= 15 is 0 Å². The minimum absolute atomic E-state index is 0. The highest BCUT2D eigenvalue weighted by molar-refractivity contribution is 4.55. The Morgan fingerprint density at radius 3 is 1.12 bits per heavy atom. The second kappa shape index (κ2) is 5.06. The smallest absolute Gasteiger partial charge is 0.00127 e. The Morgan fingerprint density at radius 2 is 1.12 bits per heavy atom. The van der Waals surface area contributed by atoms with Crippen LogP contribution in [0.4, 0.5) is 0 Å². The number of rotatable bonds is 2. The van der Waals surface area contributed by atoms with E-state index in [2.05, 4.69) is 33.0 Å². The average Bonchev–Trinajstić information content (AvgIpc) is 1.27. The summed E-state index contributed by atoms with van der Waals surface area (Å²) in [6, 6.07) is 1.25. The van der Waals surface area contributed by atoms with Crippen LogP contribution in [0.5, 0.6) is 0 Å². The van der Waals surface area contributed by atoms with Gasteiger partial charge in [0.15, 0.2) is 0 Å². The van der Waals surface area contributed by atoms with E-state index in [1.165, 1.54) is 0 Å². The maximum atomic E-state index is 3.31. The fraction of sp³-hybridized carbons (Fsp3) is 1.00. The first-order valence-corrected chi connectivity index (χ1v) is 2.89. The van der Waals surface area contributed by atoms with Crippen LogP contribution in [0.1, 0.15) is 27.7 Å². The summed E-state index contributed by atoms with van der Waals surface area (Å²) in [5.74, 6) is 0. The Hall–Kier alpha value is -0.0800. The van der Waals surface area contributed by atoms with Crippen LogP contribution >= 0.6 is 0 Å². The summed E-state index contributed by atoms with van der Waals surface area (Å²) < 4.78 is 0. The molecule has 0 aliphatic rings. The van der Waals surface area contributed by atoms with Gasteiger partial charge in [-0.2, -0.15) is 0 Å². The molecule has 0 saturated carbocycles. The van der Waals surface area contributed by atoms with E-state index < -0.39 is 0 Å². The lowest BCUT2D eigenvalue weighted by Gasteiger charge is -2.10. The fourth-order valence-corrected chi connectivity index (χ4v) is 0.667. The van der Waals surface area contributed by atoms with Gasteiger partial charge in [-0.3, -0.25) is 0 Å². The molecule has 0 radical (unpaired) electrons. The summed E-state index contributed by atoms with van der Waals surface area (Å²) in [5, 5.41) is 3.31. The molecule has 8 heavy (non-hydrogen) atoms. The molecule has 0 aliphatic heterocycles. The predicted octanol–water partition coefficient (Wildman–Crippen LogP) is 1.55. The van der Waals surface area contributed by atoms with Gasteiger partial charge in [-0.15, -0.1) is 0 Å². The molecular formula is C6H18N2. The van der Waals surface area contributed by atoms with Gasteiger partial charge in [0, 0.05) is 12.1 Å². The Morgan fingerprint density at radius 1 is 0.875 bits per heavy atom. The lowest BCUT2D eigenvalue weighted by atomic mass is 10.3. The highest BCUT2D eigenvalue weighted by Gasteiger charge is 1.92. The van der Waals surface area contributed by atoms with Gasteiger partial charge in [0.05, 0.1) is 0 Å². The molecule has 0 fully saturated rings. The first kappa shape index (κ1) is 10.8. The van der Waals surface area contributed by atoms with Gasteiger partial charge in [-0.1, -0.05) is 27.7 Å². The molecule has 0 rings (SSSR count). The first-order chi connectivity index (χ1) is 3.13. The molecule has 0 atom stereocenters. The van der Waals surface area contributed by atoms with Crippen molar-refractivity contribution in [3.8, 4) is 0 Å². The molecule has 0 unspecified atom stereocenters. The van der Waals surface area contributed by atoms with Crippen molar-refractivity contribution in [2.75, 3.05) is 0 Å². The van der Waals surface area contributed by atoms with Crippen molar-refractivity contribution >= 4 is 0 Å². The molecule has 0 bridgehead atoms. The quantitative estimate of drug-likeness (QED) is 0.578. The summed E-state index contributed by atoms with van der Waals surface area (Å²) in [5.41, 5.74) is 0. The topological polar surface area (TPSA) is 47.0 Å². The maximum Gasteiger partial charge on any atom is 0.00127 e. The van der Waals surface area contributed by atoms with Crippen LogP contribution in [0.15, 0.2) is 0 Å². The monoisotopic (exact) mass is 118 g/mol. The van der Waals surface area contributed by atoms with Gasteiger partial charge in [0.25, 0.3) is 0 Å². The second-order valence-corrected chi connectivity index (χ2v) is 2.48. The summed E-state index contributed by atoms with van der Waals surface area (Å²) in [4.78, 5) is 0. The molecule has 0 aromatic heterocycles. The highest BCUT2D eigenvalue weighted by Crippen LogP contribution is 1.80. The van der Waals surface area contributed by atoms with E-state index in [-0.39, 0.29) is 6.15 Å². The van der Waals surface area contributed by atoms with Crippen LogP contribution in [0.3, 0.4) is 0 Å². The third-order valence-electron chi connectivity index (χ3n) is 0.667. The van der Waals surface area contributed by atoms with Crippen molar-refractivity contribution in [2.24, 2.45) is 0 Å². The molecule has 2 nitrogen and oxygen atoms in total. The summed E-state index contributed by atoms with van der Waals surface area (Å²) in [7, 11) is 0. The van der Waals surface area contributed by atoms with Crippen molar-refractivity contribution in [1.29, 1.82) is 0 Å². The van der Waals surface area contributed by atoms with Gasteiger partial charge in [-0.25, -0.2) is 0 Å². The third kappa shape index (κ3) is 9.33. The lowest BCUT2D eigenvalue weighted by Crippen LogP contribution is -2.29. The third-order valence-corrected chi connectivity index (χ3v) is 0.667. The van der Waals surface area contributed by atoms with Crippen LogP contribution in [0.25, 0.3) is 0 Å². The van der Waals surface area contributed by atoms with Crippen LogP contribution in [-0.2, 0) is 0 Å². The van der Waals surface area contributed by atoms with E-state index in [1.807, 2.05) is 0 Å². The van der Waals surface area contributed by atoms with E-state index in [0.29, 0.717) is 12.1 Å². The van der Waals surface area contributed by atoms with Crippen molar-refractivity contribution in [1.82, 2.24) is 11.5 Å². The molecule has 0 aromatic carbocycles. The molecule has 2 heteroatoms. The normalized spacial score (nSPS) is 9.75. The van der Waals surface area contributed by atoms with Crippen LogP contribution < -0.4 is 11.5 Å². The Kier molecular flexibility index (Phi) is 6.85. The molecule has 0 saturated heterocycles. The molecule has 0 aromatic rings.